The van der Waals surface area contributed by atoms with Crippen LogP contribution in [-0.4, -0.2) is 23.7 Å². The predicted octanol–water partition coefficient (Wildman–Crippen LogP) is 6.46. The third-order valence-corrected chi connectivity index (χ3v) is 6.05. The van der Waals surface area contributed by atoms with Gasteiger partial charge in [0, 0.05) is 25.4 Å². The van der Waals surface area contributed by atoms with E-state index in [4.69, 9.17) is 0 Å². The summed E-state index contributed by atoms with van der Waals surface area (Å²) in [7, 11) is 0. The van der Waals surface area contributed by atoms with Gasteiger partial charge in [-0.2, -0.15) is 0 Å². The Bertz CT molecular complexity index is 834. The Morgan fingerprint density at radius 3 is 1.97 bits per heavy atom. The van der Waals surface area contributed by atoms with Crippen LogP contribution in [0.4, 0.5) is 8.78 Å². The van der Waals surface area contributed by atoms with Crippen molar-refractivity contribution in [3.8, 4) is 0 Å². The maximum atomic E-state index is 15.2. The molecule has 151 valence electrons. The first-order valence-electron chi connectivity index (χ1n) is 10.4. The highest BCUT2D eigenvalue weighted by molar-refractivity contribution is 5.36. The molecule has 1 fully saturated rings. The lowest BCUT2D eigenvalue weighted by atomic mass is 9.71. The molecule has 3 heteroatoms. The third-order valence-electron chi connectivity index (χ3n) is 6.05. The number of halogens is 2. The topological polar surface area (TPSA) is 3.24 Å². The van der Waals surface area contributed by atoms with Crippen LogP contribution in [0.3, 0.4) is 0 Å². The molecular weight excluding hydrogens is 364 g/mol. The van der Waals surface area contributed by atoms with E-state index in [1.165, 1.54) is 11.1 Å². The van der Waals surface area contributed by atoms with Crippen molar-refractivity contribution in [3.63, 3.8) is 0 Å². The molecule has 1 radical (unpaired) electrons. The van der Waals surface area contributed by atoms with Crippen molar-refractivity contribution >= 4 is 0 Å². The standard InChI is InChI=1S/C26H28F2N/c1-26(2,28)24(21-14-9-15-23(27)16-21)22-17-29(18-22)25(19-10-5-3-6-11-19)20-12-7-4-8-13-20/h3-14,16,22,24-25H,15,17-18H2,1-2H3. The molecule has 0 spiro atoms. The second kappa shape index (κ2) is 8.23. The van der Waals surface area contributed by atoms with E-state index < -0.39 is 5.67 Å². The first-order chi connectivity index (χ1) is 13.9. The zero-order chi connectivity index (χ0) is 20.4. The summed E-state index contributed by atoms with van der Waals surface area (Å²) in [6, 6.07) is 21.1. The molecule has 0 N–H and O–H groups in total. The van der Waals surface area contributed by atoms with Crippen LogP contribution >= 0.6 is 0 Å². The fraction of sp³-hybridized carbons (Fsp3) is 0.346. The predicted molar refractivity (Wildman–Crippen MR) is 115 cm³/mol. The summed E-state index contributed by atoms with van der Waals surface area (Å²) < 4.78 is 29.1. The Kier molecular flexibility index (Phi) is 5.69. The monoisotopic (exact) mass is 392 g/mol. The van der Waals surface area contributed by atoms with E-state index in [9.17, 15) is 4.39 Å². The third kappa shape index (κ3) is 4.35. The summed E-state index contributed by atoms with van der Waals surface area (Å²) in [5, 5.41) is 0. The maximum absolute atomic E-state index is 15.2. The van der Waals surface area contributed by atoms with E-state index in [0.29, 0.717) is 6.42 Å². The van der Waals surface area contributed by atoms with Gasteiger partial charge in [-0.15, -0.1) is 0 Å². The summed E-state index contributed by atoms with van der Waals surface area (Å²) in [6.07, 6.45) is 5.56. The lowest BCUT2D eigenvalue weighted by molar-refractivity contribution is -0.00807. The highest BCUT2D eigenvalue weighted by Gasteiger charge is 2.45. The minimum absolute atomic E-state index is 0.149. The molecule has 1 saturated heterocycles. The van der Waals surface area contributed by atoms with Crippen molar-refractivity contribution in [2.45, 2.75) is 32.0 Å². The zero-order valence-corrected chi connectivity index (χ0v) is 17.1. The first-order valence-corrected chi connectivity index (χ1v) is 10.4. The molecule has 2 aromatic rings. The van der Waals surface area contributed by atoms with Crippen LogP contribution in [0.1, 0.15) is 37.4 Å². The Morgan fingerprint density at radius 2 is 1.48 bits per heavy atom. The minimum atomic E-state index is -1.40. The molecule has 0 bridgehead atoms. The fourth-order valence-corrected chi connectivity index (χ4v) is 4.87. The summed E-state index contributed by atoms with van der Waals surface area (Å²) in [5.74, 6) is -0.334. The van der Waals surface area contributed by atoms with Crippen LogP contribution in [0.15, 0.2) is 84.2 Å². The van der Waals surface area contributed by atoms with Gasteiger partial charge in [0.25, 0.3) is 0 Å². The van der Waals surface area contributed by atoms with Crippen molar-refractivity contribution in [3.05, 3.63) is 102 Å². The molecule has 29 heavy (non-hydrogen) atoms. The lowest BCUT2D eigenvalue weighted by Gasteiger charge is -2.50. The van der Waals surface area contributed by atoms with Gasteiger partial charge in [0.2, 0.25) is 0 Å². The van der Waals surface area contributed by atoms with E-state index in [1.54, 1.807) is 26.3 Å². The molecule has 0 aromatic heterocycles. The second-order valence-corrected chi connectivity index (χ2v) is 8.68. The molecule has 1 heterocycles. The molecule has 1 unspecified atom stereocenters. The molecule has 1 aliphatic heterocycles. The van der Waals surface area contributed by atoms with E-state index in [0.717, 1.165) is 18.7 Å². The molecular formula is C26H28F2N. The van der Waals surface area contributed by atoms with Gasteiger partial charge in [-0.1, -0.05) is 66.7 Å². The molecule has 1 aliphatic carbocycles. The Labute approximate surface area is 172 Å². The normalized spacial score (nSPS) is 19.5. The number of rotatable bonds is 6. The van der Waals surface area contributed by atoms with Gasteiger partial charge in [0.1, 0.15) is 11.5 Å². The van der Waals surface area contributed by atoms with Gasteiger partial charge in [0.15, 0.2) is 0 Å². The van der Waals surface area contributed by atoms with E-state index in [2.05, 4.69) is 53.4 Å². The molecule has 1 nitrogen and oxygen atoms in total. The van der Waals surface area contributed by atoms with E-state index >= 15 is 4.39 Å². The number of hydrogen-bond donors (Lipinski definition) is 0. The van der Waals surface area contributed by atoms with Crippen LogP contribution in [0.5, 0.6) is 0 Å². The van der Waals surface area contributed by atoms with Crippen LogP contribution in [-0.2, 0) is 0 Å². The van der Waals surface area contributed by atoms with E-state index in [1.807, 2.05) is 18.2 Å². The summed E-state index contributed by atoms with van der Waals surface area (Å²) in [5.41, 5.74) is 1.86. The van der Waals surface area contributed by atoms with Crippen LogP contribution in [0, 0.1) is 18.3 Å². The minimum Gasteiger partial charge on any atom is -0.292 e. The number of benzene rings is 2. The Morgan fingerprint density at radius 1 is 0.931 bits per heavy atom. The summed E-state index contributed by atoms with van der Waals surface area (Å²) in [6.45, 7) is 4.82. The SMILES string of the molecule is CC(C)(F)C(C1=C[CH]CC(F)=C1)C1CN(C(c2ccccc2)c2ccccc2)C1. The molecule has 1 atom stereocenters. The van der Waals surface area contributed by atoms with E-state index in [-0.39, 0.29) is 23.7 Å². The van der Waals surface area contributed by atoms with Gasteiger partial charge in [-0.3, -0.25) is 4.90 Å². The highest BCUT2D eigenvalue weighted by atomic mass is 19.1. The number of alkyl halides is 1. The molecule has 2 aromatic carbocycles. The zero-order valence-electron chi connectivity index (χ0n) is 17.1. The largest absolute Gasteiger partial charge is 0.292 e. The number of nitrogens with zero attached hydrogens (tertiary/aromatic N) is 1. The van der Waals surface area contributed by atoms with Gasteiger partial charge in [-0.25, -0.2) is 8.78 Å². The second-order valence-electron chi connectivity index (χ2n) is 8.68. The van der Waals surface area contributed by atoms with Crippen molar-refractivity contribution in [1.82, 2.24) is 4.90 Å². The van der Waals surface area contributed by atoms with Gasteiger partial charge in [0.05, 0.1) is 6.04 Å². The molecule has 0 saturated carbocycles. The number of likely N-dealkylation sites (tertiary alicyclic amines) is 1. The average molecular weight is 393 g/mol. The van der Waals surface area contributed by atoms with Crippen LogP contribution in [0.25, 0.3) is 0 Å². The van der Waals surface area contributed by atoms with Crippen molar-refractivity contribution in [2.24, 2.45) is 11.8 Å². The van der Waals surface area contributed by atoms with Gasteiger partial charge in [-0.05, 0) is 49.0 Å². The lowest BCUT2D eigenvalue weighted by Crippen LogP contribution is -2.55. The molecule has 4 rings (SSSR count). The molecule has 0 amide bonds. The maximum Gasteiger partial charge on any atom is 0.112 e. The van der Waals surface area contributed by atoms with Crippen LogP contribution < -0.4 is 0 Å². The average Bonchev–Trinajstić information content (AvgIpc) is 2.67. The highest BCUT2D eigenvalue weighted by Crippen LogP contribution is 2.44. The van der Waals surface area contributed by atoms with Gasteiger partial charge < -0.3 is 0 Å². The van der Waals surface area contributed by atoms with Gasteiger partial charge >= 0.3 is 0 Å². The Hall–Kier alpha value is -2.26. The molecule has 2 aliphatic rings. The van der Waals surface area contributed by atoms with Crippen molar-refractivity contribution < 1.29 is 8.78 Å². The summed E-state index contributed by atoms with van der Waals surface area (Å²) in [4.78, 5) is 2.40. The first kappa shape index (κ1) is 20.0. The smallest absolute Gasteiger partial charge is 0.112 e. The number of hydrogen-bond acceptors (Lipinski definition) is 1. The van der Waals surface area contributed by atoms with Crippen molar-refractivity contribution in [1.29, 1.82) is 0 Å². The summed E-state index contributed by atoms with van der Waals surface area (Å²) >= 11 is 0. The van der Waals surface area contributed by atoms with Crippen LogP contribution in [0.2, 0.25) is 0 Å². The van der Waals surface area contributed by atoms with Crippen molar-refractivity contribution in [2.75, 3.05) is 13.1 Å². The fourth-order valence-electron chi connectivity index (χ4n) is 4.87. The number of allylic oxidation sites excluding steroid dienone is 4. The Balaban J connectivity index is 1.58. The quantitative estimate of drug-likeness (QED) is 0.545.